The third kappa shape index (κ3) is 1.51. The van der Waals surface area contributed by atoms with Crippen LogP contribution < -0.4 is 0 Å². The second-order valence-electron chi connectivity index (χ2n) is 6.52. The predicted molar refractivity (Wildman–Crippen MR) is 70.3 cm³/mol. The van der Waals surface area contributed by atoms with E-state index in [4.69, 9.17) is 4.74 Å². The zero-order valence-electron chi connectivity index (χ0n) is 11.9. The number of rotatable bonds is 0. The molecule has 2 aliphatic carbocycles. The maximum Gasteiger partial charge on any atom is 0.336 e. The Morgan fingerprint density at radius 2 is 2.00 bits per heavy atom. The van der Waals surface area contributed by atoms with Crippen molar-refractivity contribution in [2.75, 3.05) is 0 Å². The molecule has 0 spiro atoms. The fraction of sp³-hybridized carbons (Fsp3) is 0.667. The first-order valence-electron chi connectivity index (χ1n) is 6.90. The Balaban J connectivity index is 2.16. The number of aliphatic hydroxyl groups is 3. The Hall–Kier alpha value is -1.17. The zero-order valence-corrected chi connectivity index (χ0v) is 11.9. The molecule has 3 rings (SSSR count). The lowest BCUT2D eigenvalue weighted by molar-refractivity contribution is -0.223. The van der Waals surface area contributed by atoms with E-state index in [2.05, 4.69) is 0 Å². The molecule has 0 saturated heterocycles. The number of esters is 1. The van der Waals surface area contributed by atoms with Crippen molar-refractivity contribution in [3.63, 3.8) is 0 Å². The molecule has 1 aliphatic heterocycles. The highest BCUT2D eigenvalue weighted by atomic mass is 16.7. The van der Waals surface area contributed by atoms with E-state index in [-0.39, 0.29) is 23.5 Å². The Morgan fingerprint density at radius 3 is 2.65 bits per heavy atom. The summed E-state index contributed by atoms with van der Waals surface area (Å²) in [6, 6.07) is 0. The van der Waals surface area contributed by atoms with Crippen molar-refractivity contribution in [3.8, 4) is 0 Å². The van der Waals surface area contributed by atoms with E-state index >= 15 is 0 Å². The Kier molecular flexibility index (Phi) is 2.71. The van der Waals surface area contributed by atoms with Gasteiger partial charge >= 0.3 is 5.97 Å². The first kappa shape index (κ1) is 13.8. The Bertz CT molecular complexity index is 548. The fourth-order valence-corrected chi connectivity index (χ4v) is 4.21. The number of aliphatic hydroxyl groups excluding tert-OH is 2. The van der Waals surface area contributed by atoms with Crippen LogP contribution in [0.15, 0.2) is 22.8 Å². The molecule has 110 valence electrons. The maximum atomic E-state index is 11.7. The second-order valence-corrected chi connectivity index (χ2v) is 6.52. The summed E-state index contributed by atoms with van der Waals surface area (Å²) >= 11 is 0. The summed E-state index contributed by atoms with van der Waals surface area (Å²) in [6.45, 7) is 5.30. The SMILES string of the molecule is CC1=CC[C@@H](O)[C@]2(C)CC3(O)OC(=O)C(C)=C3[C@H](O)[C@@H]12. The highest BCUT2D eigenvalue weighted by Crippen LogP contribution is 2.57. The quantitative estimate of drug-likeness (QED) is 0.448. The normalized spacial score (nSPS) is 47.6. The van der Waals surface area contributed by atoms with Crippen LogP contribution in [-0.2, 0) is 9.53 Å². The van der Waals surface area contributed by atoms with Crippen LogP contribution in [0.25, 0.3) is 0 Å². The molecule has 0 aromatic rings. The molecule has 3 aliphatic rings. The molecule has 1 saturated carbocycles. The summed E-state index contributed by atoms with van der Waals surface area (Å²) in [5.74, 6) is -2.70. The molecule has 5 heteroatoms. The van der Waals surface area contributed by atoms with E-state index in [0.29, 0.717) is 6.42 Å². The molecule has 0 aromatic heterocycles. The smallest absolute Gasteiger partial charge is 0.336 e. The summed E-state index contributed by atoms with van der Waals surface area (Å²) in [7, 11) is 0. The van der Waals surface area contributed by atoms with Crippen molar-refractivity contribution in [3.05, 3.63) is 22.8 Å². The van der Waals surface area contributed by atoms with Crippen LogP contribution in [-0.4, -0.2) is 39.3 Å². The van der Waals surface area contributed by atoms with Gasteiger partial charge in [0.05, 0.1) is 12.2 Å². The van der Waals surface area contributed by atoms with Gasteiger partial charge in [-0.15, -0.1) is 0 Å². The van der Waals surface area contributed by atoms with Gasteiger partial charge < -0.3 is 20.1 Å². The van der Waals surface area contributed by atoms with E-state index in [1.807, 2.05) is 19.9 Å². The lowest BCUT2D eigenvalue weighted by atomic mass is 9.55. The molecule has 0 amide bonds. The molecule has 1 heterocycles. The first-order chi connectivity index (χ1) is 9.20. The van der Waals surface area contributed by atoms with E-state index in [0.717, 1.165) is 5.57 Å². The maximum absolute atomic E-state index is 11.7. The predicted octanol–water partition coefficient (Wildman–Crippen LogP) is 0.646. The van der Waals surface area contributed by atoms with Crippen LogP contribution in [0.2, 0.25) is 0 Å². The molecule has 0 radical (unpaired) electrons. The average molecular weight is 280 g/mol. The summed E-state index contributed by atoms with van der Waals surface area (Å²) in [5, 5.41) is 31.7. The van der Waals surface area contributed by atoms with Gasteiger partial charge in [0.15, 0.2) is 0 Å². The number of carbonyl (C=O) groups is 1. The Labute approximate surface area is 117 Å². The molecule has 1 unspecified atom stereocenters. The number of ether oxygens (including phenoxy) is 1. The van der Waals surface area contributed by atoms with Crippen LogP contribution in [0, 0.1) is 11.3 Å². The van der Waals surface area contributed by atoms with Crippen molar-refractivity contribution in [2.45, 2.75) is 51.6 Å². The van der Waals surface area contributed by atoms with Crippen LogP contribution in [0.3, 0.4) is 0 Å². The number of hydrogen-bond donors (Lipinski definition) is 3. The summed E-state index contributed by atoms with van der Waals surface area (Å²) in [5.41, 5.74) is 0.787. The van der Waals surface area contributed by atoms with E-state index < -0.39 is 29.4 Å². The molecule has 0 aromatic carbocycles. The van der Waals surface area contributed by atoms with Gasteiger partial charge in [0.25, 0.3) is 0 Å². The van der Waals surface area contributed by atoms with Gasteiger partial charge in [0.2, 0.25) is 5.79 Å². The molecule has 5 nitrogen and oxygen atoms in total. The van der Waals surface area contributed by atoms with E-state index in [1.165, 1.54) is 0 Å². The first-order valence-corrected chi connectivity index (χ1v) is 6.90. The van der Waals surface area contributed by atoms with Gasteiger partial charge in [-0.3, -0.25) is 0 Å². The van der Waals surface area contributed by atoms with Crippen molar-refractivity contribution in [2.24, 2.45) is 11.3 Å². The van der Waals surface area contributed by atoms with Crippen LogP contribution in [0.5, 0.6) is 0 Å². The van der Waals surface area contributed by atoms with Crippen molar-refractivity contribution in [1.29, 1.82) is 0 Å². The highest BCUT2D eigenvalue weighted by molar-refractivity contribution is 5.92. The second kappa shape index (κ2) is 3.93. The van der Waals surface area contributed by atoms with Crippen LogP contribution in [0.4, 0.5) is 0 Å². The Morgan fingerprint density at radius 1 is 1.35 bits per heavy atom. The van der Waals surface area contributed by atoms with Gasteiger partial charge in [-0.25, -0.2) is 4.79 Å². The lowest BCUT2D eigenvalue weighted by Gasteiger charge is -2.53. The summed E-state index contributed by atoms with van der Waals surface area (Å²) in [4.78, 5) is 11.7. The van der Waals surface area contributed by atoms with Gasteiger partial charge in [-0.2, -0.15) is 0 Å². The van der Waals surface area contributed by atoms with Gasteiger partial charge in [0.1, 0.15) is 0 Å². The van der Waals surface area contributed by atoms with Crippen LogP contribution >= 0.6 is 0 Å². The topological polar surface area (TPSA) is 87.0 Å². The van der Waals surface area contributed by atoms with Crippen LogP contribution in [0.1, 0.15) is 33.6 Å². The van der Waals surface area contributed by atoms with Gasteiger partial charge in [0, 0.05) is 28.9 Å². The van der Waals surface area contributed by atoms with Crippen molar-refractivity contribution < 1.29 is 24.9 Å². The van der Waals surface area contributed by atoms with Crippen molar-refractivity contribution >= 4 is 5.97 Å². The fourth-order valence-electron chi connectivity index (χ4n) is 4.21. The lowest BCUT2D eigenvalue weighted by Crippen LogP contribution is -2.59. The molecular formula is C15H20O5. The average Bonchev–Trinajstić information content (AvgIpc) is 2.54. The van der Waals surface area contributed by atoms with E-state index in [1.54, 1.807) is 6.92 Å². The zero-order chi connectivity index (χ0) is 14.9. The molecule has 0 bridgehead atoms. The standard InChI is InChI=1S/C15H20O5/c1-7-4-5-9(16)14(3)6-15(19)11(12(17)10(7)14)8(2)13(18)20-15/h4,9-10,12,16-17,19H,5-6H2,1-3H3/t9-,10-,12-,14+,15?/m1/s1. The summed E-state index contributed by atoms with van der Waals surface area (Å²) < 4.78 is 5.09. The highest BCUT2D eigenvalue weighted by Gasteiger charge is 2.63. The monoisotopic (exact) mass is 280 g/mol. The number of fused-ring (bicyclic) bond motifs is 2. The molecular weight excluding hydrogens is 260 g/mol. The minimum atomic E-state index is -1.79. The molecule has 5 atom stereocenters. The minimum absolute atomic E-state index is 0.104. The third-order valence-electron chi connectivity index (χ3n) is 5.25. The molecule has 3 N–H and O–H groups in total. The minimum Gasteiger partial charge on any atom is -0.426 e. The van der Waals surface area contributed by atoms with E-state index in [9.17, 15) is 20.1 Å². The van der Waals surface area contributed by atoms with Crippen molar-refractivity contribution in [1.82, 2.24) is 0 Å². The largest absolute Gasteiger partial charge is 0.426 e. The molecule has 20 heavy (non-hydrogen) atoms. The van der Waals surface area contributed by atoms with Gasteiger partial charge in [-0.1, -0.05) is 18.6 Å². The third-order valence-corrected chi connectivity index (χ3v) is 5.25. The number of hydrogen-bond acceptors (Lipinski definition) is 5. The summed E-state index contributed by atoms with van der Waals surface area (Å²) in [6.07, 6.45) is 0.797. The number of carbonyl (C=O) groups excluding carboxylic acids is 1. The van der Waals surface area contributed by atoms with Gasteiger partial charge in [-0.05, 0) is 20.3 Å². The molecule has 1 fully saturated rings.